The lowest BCUT2D eigenvalue weighted by molar-refractivity contribution is 0.0970. The highest BCUT2D eigenvalue weighted by molar-refractivity contribution is 5.96. The second-order valence-corrected chi connectivity index (χ2v) is 3.15. The van der Waals surface area contributed by atoms with Crippen LogP contribution in [0, 0.1) is 5.82 Å². The van der Waals surface area contributed by atoms with Gasteiger partial charge in [0.25, 0.3) is 0 Å². The van der Waals surface area contributed by atoms with Crippen molar-refractivity contribution >= 4 is 5.78 Å². The van der Waals surface area contributed by atoms with E-state index in [1.807, 2.05) is 6.92 Å². The van der Waals surface area contributed by atoms with Crippen molar-refractivity contribution in [1.29, 1.82) is 0 Å². The van der Waals surface area contributed by atoms with E-state index < -0.39 is 5.82 Å². The van der Waals surface area contributed by atoms with Gasteiger partial charge in [0, 0.05) is 18.7 Å². The number of aromatic nitrogens is 1. The van der Waals surface area contributed by atoms with Crippen LogP contribution >= 0.6 is 0 Å². The van der Waals surface area contributed by atoms with E-state index in [1.54, 1.807) is 0 Å². The number of hydrogen-bond donors (Lipinski definition) is 1. The van der Waals surface area contributed by atoms with Gasteiger partial charge in [0.1, 0.15) is 0 Å². The zero-order chi connectivity index (χ0) is 10.6. The van der Waals surface area contributed by atoms with E-state index in [9.17, 15) is 9.18 Å². The maximum Gasteiger partial charge on any atom is 0.167 e. The summed E-state index contributed by atoms with van der Waals surface area (Å²) in [5.41, 5.74) is 5.68. The molecule has 2 N–H and O–H groups in total. The summed E-state index contributed by atoms with van der Waals surface area (Å²) in [6.45, 7) is 1.89. The smallest absolute Gasteiger partial charge is 0.167 e. The summed E-state index contributed by atoms with van der Waals surface area (Å²) in [7, 11) is 0. The van der Waals surface area contributed by atoms with Crippen molar-refractivity contribution in [3.05, 3.63) is 29.8 Å². The molecule has 0 saturated heterocycles. The van der Waals surface area contributed by atoms with Gasteiger partial charge in [-0.15, -0.1) is 0 Å². The molecule has 1 rings (SSSR count). The zero-order valence-electron chi connectivity index (χ0n) is 8.03. The van der Waals surface area contributed by atoms with Crippen LogP contribution in [-0.4, -0.2) is 16.8 Å². The lowest BCUT2D eigenvalue weighted by Gasteiger charge is -2.07. The second-order valence-electron chi connectivity index (χ2n) is 3.15. The van der Waals surface area contributed by atoms with Crippen molar-refractivity contribution in [2.45, 2.75) is 25.8 Å². The molecule has 0 aliphatic heterocycles. The van der Waals surface area contributed by atoms with Crippen LogP contribution < -0.4 is 5.73 Å². The molecule has 1 atom stereocenters. The monoisotopic (exact) mass is 196 g/mol. The van der Waals surface area contributed by atoms with Gasteiger partial charge in [-0.05, 0) is 12.5 Å². The summed E-state index contributed by atoms with van der Waals surface area (Å²) in [6.07, 6.45) is 3.31. The van der Waals surface area contributed by atoms with Gasteiger partial charge >= 0.3 is 0 Å². The fraction of sp³-hybridized carbons (Fsp3) is 0.400. The van der Waals surface area contributed by atoms with Crippen molar-refractivity contribution in [2.75, 3.05) is 0 Å². The molecule has 0 aromatic carbocycles. The van der Waals surface area contributed by atoms with Crippen molar-refractivity contribution in [3.8, 4) is 0 Å². The largest absolute Gasteiger partial charge is 0.327 e. The topological polar surface area (TPSA) is 56.0 Å². The molecular formula is C10H13FN2O. The molecule has 3 nitrogen and oxygen atoms in total. The lowest BCUT2D eigenvalue weighted by atomic mass is 10.0. The number of rotatable bonds is 4. The molecule has 0 radical (unpaired) electrons. The predicted molar refractivity (Wildman–Crippen MR) is 51.4 cm³/mol. The highest BCUT2D eigenvalue weighted by Gasteiger charge is 2.13. The standard InChI is InChI=1S/C10H13FN2O/c1-2-7(12)5-10(14)8-3-4-13-6-9(8)11/h3-4,6-7H,2,5,12H2,1H3. The van der Waals surface area contributed by atoms with Gasteiger partial charge in [-0.2, -0.15) is 0 Å². The molecular weight excluding hydrogens is 183 g/mol. The van der Waals surface area contributed by atoms with Gasteiger partial charge in [0.2, 0.25) is 0 Å². The van der Waals surface area contributed by atoms with Crippen LogP contribution in [0.5, 0.6) is 0 Å². The molecule has 4 heteroatoms. The first-order valence-electron chi connectivity index (χ1n) is 4.53. The average Bonchev–Trinajstić information content (AvgIpc) is 2.18. The van der Waals surface area contributed by atoms with Crippen LogP contribution in [0.15, 0.2) is 18.5 Å². The number of Topliss-reactive ketones (excluding diaryl/α,β-unsaturated/α-hetero) is 1. The third-order valence-electron chi connectivity index (χ3n) is 2.04. The maximum absolute atomic E-state index is 13.1. The van der Waals surface area contributed by atoms with Crippen LogP contribution in [0.3, 0.4) is 0 Å². The molecule has 0 saturated carbocycles. The molecule has 0 bridgehead atoms. The Bertz CT molecular complexity index is 328. The van der Waals surface area contributed by atoms with Gasteiger partial charge in [0.05, 0.1) is 11.8 Å². The van der Waals surface area contributed by atoms with Gasteiger partial charge < -0.3 is 5.73 Å². The SMILES string of the molecule is CCC(N)CC(=O)c1ccncc1F. The molecule has 0 spiro atoms. The van der Waals surface area contributed by atoms with Gasteiger partial charge in [-0.25, -0.2) is 4.39 Å². The Balaban J connectivity index is 2.75. The van der Waals surface area contributed by atoms with Crippen LogP contribution in [0.2, 0.25) is 0 Å². The van der Waals surface area contributed by atoms with Crippen molar-refractivity contribution < 1.29 is 9.18 Å². The lowest BCUT2D eigenvalue weighted by Crippen LogP contribution is -2.23. The van der Waals surface area contributed by atoms with Gasteiger partial charge in [-0.3, -0.25) is 9.78 Å². The number of nitrogens with zero attached hydrogens (tertiary/aromatic N) is 1. The average molecular weight is 196 g/mol. The van der Waals surface area contributed by atoms with Crippen LogP contribution in [-0.2, 0) is 0 Å². The number of hydrogen-bond acceptors (Lipinski definition) is 3. The van der Waals surface area contributed by atoms with Crippen molar-refractivity contribution in [2.24, 2.45) is 5.73 Å². The normalized spacial score (nSPS) is 12.5. The number of carbonyl (C=O) groups excluding carboxylic acids is 1. The minimum atomic E-state index is -0.583. The zero-order valence-corrected chi connectivity index (χ0v) is 8.03. The third kappa shape index (κ3) is 2.60. The van der Waals surface area contributed by atoms with E-state index in [1.165, 1.54) is 12.3 Å². The number of halogens is 1. The molecule has 1 unspecified atom stereocenters. The summed E-state index contributed by atoms with van der Waals surface area (Å²) >= 11 is 0. The summed E-state index contributed by atoms with van der Waals surface area (Å²) in [5, 5.41) is 0. The van der Waals surface area contributed by atoms with Crippen LogP contribution in [0.1, 0.15) is 30.1 Å². The predicted octanol–water partition coefficient (Wildman–Crippen LogP) is 1.53. The Morgan fingerprint density at radius 3 is 3.00 bits per heavy atom. The van der Waals surface area contributed by atoms with E-state index in [0.717, 1.165) is 6.20 Å². The first-order chi connectivity index (χ1) is 6.65. The van der Waals surface area contributed by atoms with Gasteiger partial charge in [-0.1, -0.05) is 6.92 Å². The Morgan fingerprint density at radius 1 is 1.71 bits per heavy atom. The minimum absolute atomic E-state index is 0.0731. The third-order valence-corrected chi connectivity index (χ3v) is 2.04. The Kier molecular flexibility index (Phi) is 3.71. The highest BCUT2D eigenvalue weighted by atomic mass is 19.1. The van der Waals surface area contributed by atoms with E-state index >= 15 is 0 Å². The fourth-order valence-electron chi connectivity index (χ4n) is 1.09. The summed E-state index contributed by atoms with van der Waals surface area (Å²) in [5.74, 6) is -0.847. The Morgan fingerprint density at radius 2 is 2.43 bits per heavy atom. The minimum Gasteiger partial charge on any atom is -0.327 e. The molecule has 0 aliphatic rings. The summed E-state index contributed by atoms with van der Waals surface area (Å²) in [4.78, 5) is 15.1. The second kappa shape index (κ2) is 4.81. The van der Waals surface area contributed by atoms with Crippen LogP contribution in [0.4, 0.5) is 4.39 Å². The van der Waals surface area contributed by atoms with Crippen LogP contribution in [0.25, 0.3) is 0 Å². The summed E-state index contributed by atoms with van der Waals surface area (Å²) in [6, 6.07) is 1.18. The number of ketones is 1. The first-order valence-corrected chi connectivity index (χ1v) is 4.53. The first kappa shape index (κ1) is 10.8. The maximum atomic E-state index is 13.1. The fourth-order valence-corrected chi connectivity index (χ4v) is 1.09. The molecule has 14 heavy (non-hydrogen) atoms. The van der Waals surface area contributed by atoms with Crippen molar-refractivity contribution in [3.63, 3.8) is 0 Å². The quantitative estimate of drug-likeness (QED) is 0.743. The van der Waals surface area contributed by atoms with E-state index in [2.05, 4.69) is 4.98 Å². The number of carbonyl (C=O) groups is 1. The molecule has 1 heterocycles. The molecule has 1 aromatic rings. The highest BCUT2D eigenvalue weighted by Crippen LogP contribution is 2.09. The number of pyridine rings is 1. The molecule has 76 valence electrons. The molecule has 0 amide bonds. The Labute approximate surface area is 82.1 Å². The molecule has 1 aromatic heterocycles. The summed E-state index contributed by atoms with van der Waals surface area (Å²) < 4.78 is 13.1. The van der Waals surface area contributed by atoms with E-state index in [4.69, 9.17) is 5.73 Å². The number of nitrogens with two attached hydrogens (primary N) is 1. The molecule has 0 fully saturated rings. The van der Waals surface area contributed by atoms with E-state index in [0.29, 0.717) is 6.42 Å². The Hall–Kier alpha value is -1.29. The van der Waals surface area contributed by atoms with E-state index in [-0.39, 0.29) is 23.8 Å². The molecule has 0 aliphatic carbocycles. The van der Waals surface area contributed by atoms with Crippen molar-refractivity contribution in [1.82, 2.24) is 4.98 Å². The van der Waals surface area contributed by atoms with Gasteiger partial charge in [0.15, 0.2) is 11.6 Å².